The summed E-state index contributed by atoms with van der Waals surface area (Å²) in [4.78, 5) is 10.7. The summed E-state index contributed by atoms with van der Waals surface area (Å²) in [6.07, 6.45) is -0.269. The van der Waals surface area contributed by atoms with Crippen molar-refractivity contribution in [1.82, 2.24) is 0 Å². The molecule has 0 saturated heterocycles. The first-order valence-electron chi connectivity index (χ1n) is 4.96. The van der Waals surface area contributed by atoms with E-state index in [1.807, 2.05) is 19.9 Å². The van der Waals surface area contributed by atoms with Crippen LogP contribution in [0.2, 0.25) is 0 Å². The number of hydrogen-bond donors (Lipinski definition) is 2. The Morgan fingerprint density at radius 1 is 1.33 bits per heavy atom. The SMILES string of the molecule is CC(C)[C@@](O)(CC(=O)O)c1ccccc1. The van der Waals surface area contributed by atoms with Crippen molar-refractivity contribution < 1.29 is 15.0 Å². The highest BCUT2D eigenvalue weighted by Crippen LogP contribution is 2.32. The minimum atomic E-state index is -1.28. The molecule has 1 rings (SSSR count). The Kier molecular flexibility index (Phi) is 3.48. The third kappa shape index (κ3) is 2.57. The van der Waals surface area contributed by atoms with Crippen LogP contribution in [0.5, 0.6) is 0 Å². The van der Waals surface area contributed by atoms with Crippen molar-refractivity contribution >= 4 is 5.97 Å². The van der Waals surface area contributed by atoms with E-state index < -0.39 is 11.6 Å². The normalized spacial score (nSPS) is 14.9. The van der Waals surface area contributed by atoms with Gasteiger partial charge in [-0.3, -0.25) is 4.79 Å². The first kappa shape index (κ1) is 11.7. The van der Waals surface area contributed by atoms with Gasteiger partial charge in [0.2, 0.25) is 0 Å². The van der Waals surface area contributed by atoms with Crippen LogP contribution in [0.1, 0.15) is 25.8 Å². The highest BCUT2D eigenvalue weighted by Gasteiger charge is 2.35. The fourth-order valence-corrected chi connectivity index (χ4v) is 1.60. The quantitative estimate of drug-likeness (QED) is 0.795. The predicted molar refractivity (Wildman–Crippen MR) is 57.4 cm³/mol. The van der Waals surface area contributed by atoms with Gasteiger partial charge in [0.1, 0.15) is 5.60 Å². The minimum absolute atomic E-state index is 0.143. The van der Waals surface area contributed by atoms with Crippen LogP contribution in [0, 0.1) is 5.92 Å². The Labute approximate surface area is 89.4 Å². The fraction of sp³-hybridized carbons (Fsp3) is 0.417. The molecule has 0 radical (unpaired) electrons. The van der Waals surface area contributed by atoms with Crippen LogP contribution in [0.15, 0.2) is 30.3 Å². The monoisotopic (exact) mass is 208 g/mol. The molecule has 2 N–H and O–H groups in total. The maximum absolute atomic E-state index is 10.7. The topological polar surface area (TPSA) is 57.5 Å². The molecule has 0 aliphatic heterocycles. The number of aliphatic carboxylic acids is 1. The van der Waals surface area contributed by atoms with Crippen molar-refractivity contribution in [3.05, 3.63) is 35.9 Å². The lowest BCUT2D eigenvalue weighted by Crippen LogP contribution is -2.34. The second-order valence-corrected chi connectivity index (χ2v) is 4.02. The molecule has 0 unspecified atom stereocenters. The molecule has 0 aromatic heterocycles. The molecule has 1 aromatic carbocycles. The van der Waals surface area contributed by atoms with Gasteiger partial charge in [-0.25, -0.2) is 0 Å². The van der Waals surface area contributed by atoms with Crippen LogP contribution in [0.25, 0.3) is 0 Å². The Bertz CT molecular complexity index is 332. The van der Waals surface area contributed by atoms with Gasteiger partial charge in [0, 0.05) is 0 Å². The number of aliphatic hydroxyl groups is 1. The average molecular weight is 208 g/mol. The third-order valence-corrected chi connectivity index (χ3v) is 2.65. The molecule has 0 aliphatic rings. The molecule has 0 aliphatic carbocycles. The lowest BCUT2D eigenvalue weighted by atomic mass is 9.81. The third-order valence-electron chi connectivity index (χ3n) is 2.65. The number of benzene rings is 1. The van der Waals surface area contributed by atoms with E-state index in [0.29, 0.717) is 5.56 Å². The van der Waals surface area contributed by atoms with Crippen LogP contribution in [-0.4, -0.2) is 16.2 Å². The van der Waals surface area contributed by atoms with Crippen LogP contribution in [0.4, 0.5) is 0 Å². The van der Waals surface area contributed by atoms with Crippen LogP contribution in [-0.2, 0) is 10.4 Å². The number of carboxylic acid groups (broad SMARTS) is 1. The second-order valence-electron chi connectivity index (χ2n) is 4.02. The summed E-state index contributed by atoms with van der Waals surface area (Å²) >= 11 is 0. The van der Waals surface area contributed by atoms with E-state index in [0.717, 1.165) is 0 Å². The maximum atomic E-state index is 10.7. The van der Waals surface area contributed by atoms with Gasteiger partial charge in [-0.1, -0.05) is 44.2 Å². The van der Waals surface area contributed by atoms with Crippen molar-refractivity contribution in [3.63, 3.8) is 0 Å². The molecule has 0 fully saturated rings. The van der Waals surface area contributed by atoms with Crippen molar-refractivity contribution in [2.45, 2.75) is 25.9 Å². The summed E-state index contributed by atoms with van der Waals surface area (Å²) in [6.45, 7) is 3.63. The van der Waals surface area contributed by atoms with Crippen molar-refractivity contribution in [1.29, 1.82) is 0 Å². The molecule has 0 bridgehead atoms. The number of carbonyl (C=O) groups is 1. The molecule has 0 amide bonds. The molecule has 0 spiro atoms. The minimum Gasteiger partial charge on any atom is -0.481 e. The lowest BCUT2D eigenvalue weighted by molar-refractivity contribution is -0.145. The van der Waals surface area contributed by atoms with Crippen LogP contribution < -0.4 is 0 Å². The van der Waals surface area contributed by atoms with Gasteiger partial charge < -0.3 is 10.2 Å². The van der Waals surface area contributed by atoms with Gasteiger partial charge in [-0.2, -0.15) is 0 Å². The Balaban J connectivity index is 3.07. The van der Waals surface area contributed by atoms with E-state index in [-0.39, 0.29) is 12.3 Å². The summed E-state index contributed by atoms with van der Waals surface area (Å²) in [5, 5.41) is 19.1. The predicted octanol–water partition coefficient (Wildman–Crippen LogP) is 2.00. The lowest BCUT2D eigenvalue weighted by Gasteiger charge is -2.31. The van der Waals surface area contributed by atoms with E-state index in [2.05, 4.69) is 0 Å². The highest BCUT2D eigenvalue weighted by atomic mass is 16.4. The van der Waals surface area contributed by atoms with Gasteiger partial charge >= 0.3 is 5.97 Å². The zero-order chi connectivity index (χ0) is 11.5. The molecular weight excluding hydrogens is 192 g/mol. The number of hydrogen-bond acceptors (Lipinski definition) is 2. The van der Waals surface area contributed by atoms with Gasteiger partial charge in [0.15, 0.2) is 0 Å². The average Bonchev–Trinajstić information content (AvgIpc) is 2.17. The first-order chi connectivity index (χ1) is 6.97. The first-order valence-corrected chi connectivity index (χ1v) is 4.96. The summed E-state index contributed by atoms with van der Waals surface area (Å²) in [6, 6.07) is 8.94. The van der Waals surface area contributed by atoms with Crippen molar-refractivity contribution in [3.8, 4) is 0 Å². The molecular formula is C12H16O3. The summed E-state index contributed by atoms with van der Waals surface area (Å²) < 4.78 is 0. The molecule has 82 valence electrons. The van der Waals surface area contributed by atoms with Crippen LogP contribution >= 0.6 is 0 Å². The van der Waals surface area contributed by atoms with E-state index in [4.69, 9.17) is 5.11 Å². The molecule has 1 atom stereocenters. The summed E-state index contributed by atoms with van der Waals surface area (Å²) in [5.74, 6) is -1.13. The Morgan fingerprint density at radius 2 is 1.87 bits per heavy atom. The standard InChI is InChI=1S/C12H16O3/c1-9(2)12(15,8-11(13)14)10-6-4-3-5-7-10/h3-7,9,15H,8H2,1-2H3,(H,13,14)/t12-/m0/s1. The molecule has 3 nitrogen and oxygen atoms in total. The van der Waals surface area contributed by atoms with Crippen molar-refractivity contribution in [2.75, 3.05) is 0 Å². The van der Waals surface area contributed by atoms with E-state index in [9.17, 15) is 9.90 Å². The molecule has 0 saturated carbocycles. The number of carboxylic acids is 1. The van der Waals surface area contributed by atoms with Gasteiger partial charge in [-0.15, -0.1) is 0 Å². The largest absolute Gasteiger partial charge is 0.481 e. The zero-order valence-electron chi connectivity index (χ0n) is 8.97. The second kappa shape index (κ2) is 4.45. The smallest absolute Gasteiger partial charge is 0.306 e. The number of rotatable bonds is 4. The van der Waals surface area contributed by atoms with Gasteiger partial charge in [0.25, 0.3) is 0 Å². The Hall–Kier alpha value is -1.35. The molecule has 1 aromatic rings. The van der Waals surface area contributed by atoms with E-state index in [1.54, 1.807) is 24.3 Å². The Morgan fingerprint density at radius 3 is 2.27 bits per heavy atom. The van der Waals surface area contributed by atoms with Crippen LogP contribution in [0.3, 0.4) is 0 Å². The maximum Gasteiger partial charge on any atom is 0.306 e. The van der Waals surface area contributed by atoms with E-state index in [1.165, 1.54) is 0 Å². The molecule has 0 heterocycles. The molecule has 3 heteroatoms. The highest BCUT2D eigenvalue weighted by molar-refractivity contribution is 5.68. The van der Waals surface area contributed by atoms with Crippen molar-refractivity contribution in [2.24, 2.45) is 5.92 Å². The zero-order valence-corrected chi connectivity index (χ0v) is 8.97. The summed E-state index contributed by atoms with van der Waals surface area (Å²) in [7, 11) is 0. The molecule has 15 heavy (non-hydrogen) atoms. The van der Waals surface area contributed by atoms with Gasteiger partial charge in [-0.05, 0) is 11.5 Å². The van der Waals surface area contributed by atoms with E-state index >= 15 is 0 Å². The van der Waals surface area contributed by atoms with Gasteiger partial charge in [0.05, 0.1) is 6.42 Å². The fourth-order valence-electron chi connectivity index (χ4n) is 1.60. The summed E-state index contributed by atoms with van der Waals surface area (Å²) in [5.41, 5.74) is -0.630.